The summed E-state index contributed by atoms with van der Waals surface area (Å²) < 4.78 is 14.0. The van der Waals surface area contributed by atoms with Crippen LogP contribution in [0.5, 0.6) is 0 Å². The molecule has 1 aliphatic heterocycles. The first kappa shape index (κ1) is 19.2. The molecule has 1 aliphatic rings. The van der Waals surface area contributed by atoms with Gasteiger partial charge in [-0.15, -0.1) is 11.3 Å². The van der Waals surface area contributed by atoms with Crippen molar-refractivity contribution in [1.29, 1.82) is 0 Å². The topological polar surface area (TPSA) is 40.5 Å². The van der Waals surface area contributed by atoms with Crippen LogP contribution in [0, 0.1) is 0 Å². The smallest absolute Gasteiger partial charge is 0.399 e. The summed E-state index contributed by atoms with van der Waals surface area (Å²) in [6.45, 7) is 8.61. The van der Waals surface area contributed by atoms with Crippen molar-refractivity contribution >= 4 is 23.9 Å². The Morgan fingerprint density at radius 3 is 2.36 bits per heavy atom. The van der Waals surface area contributed by atoms with E-state index in [9.17, 15) is 4.79 Å². The number of pyridine rings is 1. The van der Waals surface area contributed by atoms with Gasteiger partial charge in [-0.05, 0) is 55.7 Å². The maximum absolute atomic E-state index is 12.5. The largest absolute Gasteiger partial charge is 0.496 e. The lowest BCUT2D eigenvalue weighted by atomic mass is 9.80. The Morgan fingerprint density at radius 1 is 0.964 bits per heavy atom. The summed E-state index contributed by atoms with van der Waals surface area (Å²) in [7, 11) is -0.482. The second-order valence-corrected chi connectivity index (χ2v) is 9.10. The normalized spacial score (nSPS) is 17.8. The highest BCUT2D eigenvalue weighted by Crippen LogP contribution is 2.36. The molecule has 0 unspecified atom stereocenters. The molecule has 0 bridgehead atoms. The average molecular weight is 393 g/mol. The lowest BCUT2D eigenvalue weighted by Gasteiger charge is -2.32. The molecule has 3 heterocycles. The monoisotopic (exact) mass is 393 g/mol. The average Bonchev–Trinajstić information content (AvgIpc) is 3.24. The molecule has 2 aromatic heterocycles. The lowest BCUT2D eigenvalue weighted by Crippen LogP contribution is -2.41. The van der Waals surface area contributed by atoms with Gasteiger partial charge in [-0.25, -0.2) is 0 Å². The molecule has 0 aliphatic carbocycles. The zero-order valence-corrected chi connectivity index (χ0v) is 17.5. The zero-order chi connectivity index (χ0) is 19.9. The van der Waals surface area contributed by atoms with Gasteiger partial charge in [0.2, 0.25) is 0 Å². The Balaban J connectivity index is 1.66. The van der Waals surface area contributed by atoms with Crippen molar-refractivity contribution in [1.82, 2.24) is 4.57 Å². The van der Waals surface area contributed by atoms with Crippen molar-refractivity contribution in [3.05, 3.63) is 76.0 Å². The molecule has 0 N–H and O–H groups in total. The fourth-order valence-electron chi connectivity index (χ4n) is 3.31. The minimum Gasteiger partial charge on any atom is -0.399 e. The number of rotatable bonds is 4. The van der Waals surface area contributed by atoms with Crippen LogP contribution in [0.4, 0.5) is 0 Å². The Kier molecular flexibility index (Phi) is 4.82. The number of thiophene rings is 1. The van der Waals surface area contributed by atoms with Gasteiger partial charge in [-0.1, -0.05) is 36.4 Å². The minimum absolute atomic E-state index is 0.0405. The highest BCUT2D eigenvalue weighted by Gasteiger charge is 2.51. The van der Waals surface area contributed by atoms with Crippen LogP contribution >= 0.6 is 11.3 Å². The van der Waals surface area contributed by atoms with Crippen LogP contribution in [0.3, 0.4) is 0 Å². The number of aromatic nitrogens is 1. The fourth-order valence-corrected chi connectivity index (χ4v) is 4.09. The lowest BCUT2D eigenvalue weighted by molar-refractivity contribution is 0.00578. The van der Waals surface area contributed by atoms with E-state index >= 15 is 0 Å². The predicted molar refractivity (Wildman–Crippen MR) is 115 cm³/mol. The summed E-state index contributed by atoms with van der Waals surface area (Å²) in [6.07, 6.45) is 1.86. The molecule has 1 fully saturated rings. The Hall–Kier alpha value is -2.15. The van der Waals surface area contributed by atoms with Crippen LogP contribution in [0.2, 0.25) is 0 Å². The van der Waals surface area contributed by atoms with Gasteiger partial charge in [0.25, 0.3) is 5.56 Å². The standard InChI is InChI=1S/C22H24BNO3S/c1-21(2)22(3,4)27-23(26-21)17-11-12-20(25)24(15-17)14-16-8-5-6-9-18(16)19-10-7-13-28-19/h5-13,15H,14H2,1-4H3. The number of benzene rings is 1. The second-order valence-electron chi connectivity index (χ2n) is 8.15. The maximum atomic E-state index is 12.5. The molecule has 1 aromatic carbocycles. The number of hydrogen-bond acceptors (Lipinski definition) is 4. The third kappa shape index (κ3) is 3.48. The van der Waals surface area contributed by atoms with Gasteiger partial charge >= 0.3 is 7.12 Å². The molecule has 3 aromatic rings. The van der Waals surface area contributed by atoms with E-state index in [1.54, 1.807) is 28.0 Å². The molecule has 6 heteroatoms. The van der Waals surface area contributed by atoms with Gasteiger partial charge < -0.3 is 13.9 Å². The molecule has 4 nitrogen and oxygen atoms in total. The third-order valence-electron chi connectivity index (χ3n) is 5.68. The first-order valence-electron chi connectivity index (χ1n) is 9.45. The summed E-state index contributed by atoms with van der Waals surface area (Å²) in [6, 6.07) is 15.8. The first-order valence-corrected chi connectivity index (χ1v) is 10.3. The first-order chi connectivity index (χ1) is 13.3. The van der Waals surface area contributed by atoms with Crippen LogP contribution in [0.15, 0.2) is 64.9 Å². The van der Waals surface area contributed by atoms with Crippen LogP contribution in [0.25, 0.3) is 10.4 Å². The molecule has 1 saturated heterocycles. The van der Waals surface area contributed by atoms with Crippen molar-refractivity contribution in [3.8, 4) is 10.4 Å². The molecular weight excluding hydrogens is 369 g/mol. The van der Waals surface area contributed by atoms with Crippen molar-refractivity contribution in [2.24, 2.45) is 0 Å². The Labute approximate surface area is 169 Å². The van der Waals surface area contributed by atoms with Crippen LogP contribution in [-0.4, -0.2) is 22.9 Å². The molecule has 0 saturated carbocycles. The van der Waals surface area contributed by atoms with Gasteiger partial charge in [-0.2, -0.15) is 0 Å². The van der Waals surface area contributed by atoms with Crippen molar-refractivity contribution in [3.63, 3.8) is 0 Å². The molecular formula is C22H24BNO3S. The minimum atomic E-state index is -0.482. The van der Waals surface area contributed by atoms with E-state index in [0.29, 0.717) is 6.54 Å². The van der Waals surface area contributed by atoms with Crippen LogP contribution in [-0.2, 0) is 15.9 Å². The van der Waals surface area contributed by atoms with Gasteiger partial charge in [-0.3, -0.25) is 4.79 Å². The van der Waals surface area contributed by atoms with E-state index < -0.39 is 18.3 Å². The molecule has 144 valence electrons. The molecule has 28 heavy (non-hydrogen) atoms. The number of hydrogen-bond donors (Lipinski definition) is 0. The van der Waals surface area contributed by atoms with Crippen LogP contribution in [0.1, 0.15) is 33.3 Å². The van der Waals surface area contributed by atoms with Gasteiger partial charge in [0.1, 0.15) is 0 Å². The van der Waals surface area contributed by atoms with Crippen molar-refractivity contribution in [2.45, 2.75) is 45.4 Å². The van der Waals surface area contributed by atoms with E-state index in [-0.39, 0.29) is 5.56 Å². The molecule has 0 spiro atoms. The molecule has 0 radical (unpaired) electrons. The van der Waals surface area contributed by atoms with Gasteiger partial charge in [0.15, 0.2) is 0 Å². The van der Waals surface area contributed by atoms with E-state index in [1.807, 2.05) is 52.1 Å². The van der Waals surface area contributed by atoms with E-state index in [0.717, 1.165) is 16.6 Å². The summed E-state index contributed by atoms with van der Waals surface area (Å²) in [5.41, 5.74) is 2.26. The summed E-state index contributed by atoms with van der Waals surface area (Å²) in [5, 5.41) is 2.07. The number of nitrogens with zero attached hydrogens (tertiary/aromatic N) is 1. The molecule has 0 amide bonds. The summed E-state index contributed by atoms with van der Waals surface area (Å²) in [4.78, 5) is 13.7. The quantitative estimate of drug-likeness (QED) is 0.631. The summed E-state index contributed by atoms with van der Waals surface area (Å²) >= 11 is 1.70. The summed E-state index contributed by atoms with van der Waals surface area (Å²) in [5.74, 6) is 0. The molecule has 0 atom stereocenters. The van der Waals surface area contributed by atoms with E-state index in [4.69, 9.17) is 9.31 Å². The zero-order valence-electron chi connectivity index (χ0n) is 16.6. The van der Waals surface area contributed by atoms with Crippen molar-refractivity contribution in [2.75, 3.05) is 0 Å². The second kappa shape index (κ2) is 7.03. The molecule has 4 rings (SSSR count). The predicted octanol–water partition coefficient (Wildman–Crippen LogP) is 3.92. The van der Waals surface area contributed by atoms with Crippen molar-refractivity contribution < 1.29 is 9.31 Å². The Morgan fingerprint density at radius 2 is 1.68 bits per heavy atom. The fraction of sp³-hybridized carbons (Fsp3) is 0.318. The van der Waals surface area contributed by atoms with Gasteiger partial charge in [0.05, 0.1) is 17.7 Å². The van der Waals surface area contributed by atoms with Crippen LogP contribution < -0.4 is 11.0 Å². The highest BCUT2D eigenvalue weighted by molar-refractivity contribution is 7.13. The Bertz CT molecular complexity index is 1020. The van der Waals surface area contributed by atoms with E-state index in [2.05, 4.69) is 23.6 Å². The third-order valence-corrected chi connectivity index (χ3v) is 6.58. The highest BCUT2D eigenvalue weighted by atomic mass is 32.1. The van der Waals surface area contributed by atoms with E-state index in [1.165, 1.54) is 4.88 Å². The maximum Gasteiger partial charge on any atom is 0.496 e. The SMILES string of the molecule is CC1(C)OB(c2ccc(=O)n(Cc3ccccc3-c3cccs3)c2)OC1(C)C. The van der Waals surface area contributed by atoms with Gasteiger partial charge in [0, 0.05) is 17.1 Å².